The van der Waals surface area contributed by atoms with Crippen LogP contribution in [0.15, 0.2) is 34.7 Å². The Kier molecular flexibility index (Phi) is 5.54. The summed E-state index contributed by atoms with van der Waals surface area (Å²) in [7, 11) is 0. The van der Waals surface area contributed by atoms with Crippen molar-refractivity contribution in [3.8, 4) is 0 Å². The monoisotopic (exact) mass is 322 g/mol. The number of hydrogen-bond acceptors (Lipinski definition) is 3. The maximum absolute atomic E-state index is 6.05. The van der Waals surface area contributed by atoms with E-state index in [1.807, 2.05) is 12.1 Å². The van der Waals surface area contributed by atoms with Crippen LogP contribution in [-0.2, 0) is 0 Å². The SMILES string of the molecule is CCN(CC1(C)CCNC1)C(C)c1cc2ccccc2o1.Cl. The summed E-state index contributed by atoms with van der Waals surface area (Å²) < 4.78 is 6.05. The zero-order valence-corrected chi connectivity index (χ0v) is 14.6. The number of benzene rings is 1. The molecule has 4 heteroatoms. The molecule has 3 rings (SSSR count). The molecule has 1 saturated heterocycles. The van der Waals surface area contributed by atoms with Gasteiger partial charge in [-0.25, -0.2) is 0 Å². The van der Waals surface area contributed by atoms with Crippen LogP contribution in [0.25, 0.3) is 11.0 Å². The van der Waals surface area contributed by atoms with Crippen LogP contribution in [0.1, 0.15) is 39.0 Å². The zero-order chi connectivity index (χ0) is 14.9. The molecule has 1 N–H and O–H groups in total. The second-order valence-electron chi connectivity index (χ2n) is 6.66. The number of rotatable bonds is 5. The molecule has 0 amide bonds. The van der Waals surface area contributed by atoms with Crippen LogP contribution in [0.3, 0.4) is 0 Å². The molecule has 2 atom stereocenters. The fourth-order valence-electron chi connectivity index (χ4n) is 3.40. The van der Waals surface area contributed by atoms with E-state index in [0.717, 1.165) is 37.5 Å². The molecule has 1 aromatic heterocycles. The van der Waals surface area contributed by atoms with Gasteiger partial charge in [0.15, 0.2) is 0 Å². The molecular weight excluding hydrogens is 296 g/mol. The first kappa shape index (κ1) is 17.3. The number of fused-ring (bicyclic) bond motifs is 1. The van der Waals surface area contributed by atoms with Gasteiger partial charge in [0, 0.05) is 18.5 Å². The van der Waals surface area contributed by atoms with Crippen LogP contribution in [0.4, 0.5) is 0 Å². The Morgan fingerprint density at radius 2 is 2.14 bits per heavy atom. The summed E-state index contributed by atoms with van der Waals surface area (Å²) in [4.78, 5) is 2.53. The van der Waals surface area contributed by atoms with Crippen LogP contribution in [-0.4, -0.2) is 31.1 Å². The molecule has 2 heterocycles. The standard InChI is InChI=1S/C18H26N2O.ClH/c1-4-20(13-18(3)9-10-19-12-18)14(2)17-11-15-7-5-6-8-16(15)21-17;/h5-8,11,14,19H,4,9-10,12-13H2,1-3H3;1H. The lowest BCUT2D eigenvalue weighted by Crippen LogP contribution is -2.38. The third-order valence-corrected chi connectivity index (χ3v) is 4.85. The van der Waals surface area contributed by atoms with E-state index in [9.17, 15) is 0 Å². The summed E-state index contributed by atoms with van der Waals surface area (Å²) in [6.07, 6.45) is 1.26. The quantitative estimate of drug-likeness (QED) is 0.892. The van der Waals surface area contributed by atoms with E-state index in [2.05, 4.69) is 49.2 Å². The highest BCUT2D eigenvalue weighted by atomic mass is 35.5. The summed E-state index contributed by atoms with van der Waals surface area (Å²) >= 11 is 0. The Morgan fingerprint density at radius 3 is 2.77 bits per heavy atom. The predicted molar refractivity (Wildman–Crippen MR) is 94.7 cm³/mol. The lowest BCUT2D eigenvalue weighted by molar-refractivity contribution is 0.132. The van der Waals surface area contributed by atoms with E-state index < -0.39 is 0 Å². The van der Waals surface area contributed by atoms with Crippen molar-refractivity contribution >= 4 is 23.4 Å². The summed E-state index contributed by atoms with van der Waals surface area (Å²) in [5, 5.41) is 4.69. The Morgan fingerprint density at radius 1 is 1.36 bits per heavy atom. The van der Waals surface area contributed by atoms with Crippen molar-refractivity contribution in [3.63, 3.8) is 0 Å². The first-order chi connectivity index (χ1) is 10.1. The molecule has 0 saturated carbocycles. The average molecular weight is 323 g/mol. The molecule has 2 unspecified atom stereocenters. The van der Waals surface area contributed by atoms with Crippen molar-refractivity contribution in [3.05, 3.63) is 36.1 Å². The molecule has 1 aliphatic heterocycles. The summed E-state index contributed by atoms with van der Waals surface area (Å²) in [5.74, 6) is 1.08. The number of hydrogen-bond donors (Lipinski definition) is 1. The largest absolute Gasteiger partial charge is 0.459 e. The summed E-state index contributed by atoms with van der Waals surface area (Å²) in [6, 6.07) is 10.8. The molecule has 0 radical (unpaired) electrons. The minimum absolute atomic E-state index is 0. The van der Waals surface area contributed by atoms with Crippen molar-refractivity contribution < 1.29 is 4.42 Å². The maximum Gasteiger partial charge on any atom is 0.134 e. The molecule has 122 valence electrons. The van der Waals surface area contributed by atoms with Crippen molar-refractivity contribution in [2.45, 2.75) is 33.2 Å². The minimum Gasteiger partial charge on any atom is -0.459 e. The first-order valence-corrected chi connectivity index (χ1v) is 8.04. The number of furan rings is 1. The molecule has 1 aromatic carbocycles. The van der Waals surface area contributed by atoms with Crippen LogP contribution < -0.4 is 5.32 Å². The van der Waals surface area contributed by atoms with Crippen LogP contribution in [0.5, 0.6) is 0 Å². The molecule has 22 heavy (non-hydrogen) atoms. The van der Waals surface area contributed by atoms with Gasteiger partial charge in [0.1, 0.15) is 11.3 Å². The number of nitrogens with zero attached hydrogens (tertiary/aromatic N) is 1. The van der Waals surface area contributed by atoms with Gasteiger partial charge in [-0.3, -0.25) is 4.90 Å². The van der Waals surface area contributed by atoms with Crippen LogP contribution >= 0.6 is 12.4 Å². The van der Waals surface area contributed by atoms with Crippen molar-refractivity contribution in [1.82, 2.24) is 10.2 Å². The third kappa shape index (κ3) is 3.48. The second-order valence-corrected chi connectivity index (χ2v) is 6.66. The number of nitrogens with one attached hydrogen (secondary N) is 1. The highest BCUT2D eigenvalue weighted by molar-refractivity contribution is 5.85. The first-order valence-electron chi connectivity index (χ1n) is 8.04. The predicted octanol–water partition coefficient (Wildman–Crippen LogP) is 4.24. The maximum atomic E-state index is 6.05. The van der Waals surface area contributed by atoms with Gasteiger partial charge in [-0.15, -0.1) is 12.4 Å². The topological polar surface area (TPSA) is 28.4 Å². The van der Waals surface area contributed by atoms with E-state index >= 15 is 0 Å². The van der Waals surface area contributed by atoms with Gasteiger partial charge in [0.25, 0.3) is 0 Å². The van der Waals surface area contributed by atoms with Crippen molar-refractivity contribution in [1.29, 1.82) is 0 Å². The van der Waals surface area contributed by atoms with Gasteiger partial charge in [0.2, 0.25) is 0 Å². The molecule has 1 aliphatic rings. The van der Waals surface area contributed by atoms with E-state index in [1.54, 1.807) is 0 Å². The fourth-order valence-corrected chi connectivity index (χ4v) is 3.40. The lowest BCUT2D eigenvalue weighted by Gasteiger charge is -2.34. The van der Waals surface area contributed by atoms with Gasteiger partial charge < -0.3 is 9.73 Å². The molecule has 0 aliphatic carbocycles. The normalized spacial score (nSPS) is 22.9. The highest BCUT2D eigenvalue weighted by Crippen LogP contribution is 2.32. The van der Waals surface area contributed by atoms with Gasteiger partial charge in [-0.05, 0) is 44.0 Å². The van der Waals surface area contributed by atoms with Gasteiger partial charge in [-0.1, -0.05) is 32.0 Å². The Hall–Kier alpha value is -1.03. The van der Waals surface area contributed by atoms with E-state index in [0.29, 0.717) is 11.5 Å². The lowest BCUT2D eigenvalue weighted by atomic mass is 9.88. The van der Waals surface area contributed by atoms with Crippen LogP contribution in [0.2, 0.25) is 0 Å². The second kappa shape index (κ2) is 7.03. The third-order valence-electron chi connectivity index (χ3n) is 4.85. The van der Waals surface area contributed by atoms with Gasteiger partial charge in [-0.2, -0.15) is 0 Å². The Balaban J connectivity index is 0.00000176. The smallest absolute Gasteiger partial charge is 0.134 e. The zero-order valence-electron chi connectivity index (χ0n) is 13.8. The average Bonchev–Trinajstić information content (AvgIpc) is 3.10. The molecule has 0 bridgehead atoms. The van der Waals surface area contributed by atoms with E-state index in [1.165, 1.54) is 11.8 Å². The number of para-hydroxylation sites is 1. The molecule has 2 aromatic rings. The number of halogens is 1. The van der Waals surface area contributed by atoms with Crippen molar-refractivity contribution in [2.24, 2.45) is 5.41 Å². The highest BCUT2D eigenvalue weighted by Gasteiger charge is 2.32. The van der Waals surface area contributed by atoms with E-state index in [-0.39, 0.29) is 12.4 Å². The van der Waals surface area contributed by atoms with E-state index in [4.69, 9.17) is 4.42 Å². The molecule has 1 fully saturated rings. The molecule has 3 nitrogen and oxygen atoms in total. The van der Waals surface area contributed by atoms with Crippen molar-refractivity contribution in [2.75, 3.05) is 26.2 Å². The van der Waals surface area contributed by atoms with Crippen LogP contribution in [0, 0.1) is 5.41 Å². The Labute approximate surface area is 139 Å². The molecular formula is C18H27ClN2O. The fraction of sp³-hybridized carbons (Fsp3) is 0.556. The van der Waals surface area contributed by atoms with Gasteiger partial charge >= 0.3 is 0 Å². The molecule has 0 spiro atoms. The van der Waals surface area contributed by atoms with Gasteiger partial charge in [0.05, 0.1) is 6.04 Å². The minimum atomic E-state index is 0. The Bertz CT molecular complexity index is 571. The summed E-state index contributed by atoms with van der Waals surface area (Å²) in [5.41, 5.74) is 1.38. The summed E-state index contributed by atoms with van der Waals surface area (Å²) in [6.45, 7) is 11.3.